The summed E-state index contributed by atoms with van der Waals surface area (Å²) in [6.07, 6.45) is 1.64. The van der Waals surface area contributed by atoms with Crippen LogP contribution in [0, 0.1) is 15.9 Å². The van der Waals surface area contributed by atoms with E-state index in [-0.39, 0.29) is 17.2 Å². The van der Waals surface area contributed by atoms with E-state index in [1.54, 1.807) is 0 Å². The molecule has 1 aromatic rings. The van der Waals surface area contributed by atoms with E-state index in [0.29, 0.717) is 6.61 Å². The van der Waals surface area contributed by atoms with E-state index >= 15 is 0 Å². The Balaban J connectivity index is 3.07. The van der Waals surface area contributed by atoms with Gasteiger partial charge in [0, 0.05) is 12.1 Å². The van der Waals surface area contributed by atoms with E-state index in [2.05, 4.69) is 0 Å². The Hall–Kier alpha value is -1.85. The number of benzene rings is 1. The number of nitro groups is 1. The van der Waals surface area contributed by atoms with Gasteiger partial charge < -0.3 is 9.47 Å². The number of methoxy groups -OCH3 is 1. The van der Waals surface area contributed by atoms with Gasteiger partial charge in [-0.15, -0.1) is 0 Å². The zero-order valence-corrected chi connectivity index (χ0v) is 9.73. The van der Waals surface area contributed by atoms with Crippen LogP contribution in [0.5, 0.6) is 11.5 Å². The van der Waals surface area contributed by atoms with E-state index in [9.17, 15) is 14.5 Å². The maximum Gasteiger partial charge on any atom is 0.352 e. The number of hydrogen-bond acceptors (Lipinski definition) is 4. The lowest BCUT2D eigenvalue weighted by molar-refractivity contribution is -0.386. The zero-order chi connectivity index (χ0) is 12.8. The highest BCUT2D eigenvalue weighted by Crippen LogP contribution is 2.37. The average Bonchev–Trinajstić information content (AvgIpc) is 2.28. The van der Waals surface area contributed by atoms with Crippen molar-refractivity contribution in [2.45, 2.75) is 19.8 Å². The highest BCUT2D eigenvalue weighted by atomic mass is 19.1. The molecule has 5 nitrogen and oxygen atoms in total. The molecule has 0 aliphatic heterocycles. The Morgan fingerprint density at radius 1 is 1.41 bits per heavy atom. The van der Waals surface area contributed by atoms with Crippen molar-refractivity contribution in [1.29, 1.82) is 0 Å². The molecule has 0 aromatic heterocycles. The number of hydrogen-bond donors (Lipinski definition) is 0. The number of halogens is 1. The van der Waals surface area contributed by atoms with Crippen LogP contribution in [0.3, 0.4) is 0 Å². The highest BCUT2D eigenvalue weighted by molar-refractivity contribution is 5.57. The summed E-state index contributed by atoms with van der Waals surface area (Å²) in [4.78, 5) is 10.2. The number of nitrogens with zero attached hydrogens (tertiary/aromatic N) is 1. The van der Waals surface area contributed by atoms with Gasteiger partial charge in [-0.05, 0) is 6.42 Å². The molecule has 0 saturated heterocycles. The molecule has 0 unspecified atom stereocenters. The first-order valence-electron chi connectivity index (χ1n) is 5.24. The molecule has 0 fully saturated rings. The topological polar surface area (TPSA) is 61.6 Å². The smallest absolute Gasteiger partial charge is 0.352 e. The maximum atomic E-state index is 13.2. The summed E-state index contributed by atoms with van der Waals surface area (Å²) in [5.74, 6) is -0.860. The first kappa shape index (κ1) is 13.2. The lowest BCUT2D eigenvalue weighted by Gasteiger charge is -2.09. The Morgan fingerprint density at radius 2 is 2.06 bits per heavy atom. The number of unbranched alkanes of at least 4 members (excludes halogenated alkanes) is 1. The molecule has 0 atom stereocenters. The minimum absolute atomic E-state index is 0.0969. The van der Waals surface area contributed by atoms with Crippen molar-refractivity contribution in [3.05, 3.63) is 28.1 Å². The van der Waals surface area contributed by atoms with Gasteiger partial charge in [0.05, 0.1) is 18.6 Å². The van der Waals surface area contributed by atoms with Crippen LogP contribution in [0.15, 0.2) is 12.1 Å². The summed E-state index contributed by atoms with van der Waals surface area (Å²) in [6.45, 7) is 2.27. The summed E-state index contributed by atoms with van der Waals surface area (Å²) in [7, 11) is 1.25. The molecule has 0 bridgehead atoms. The third-order valence-corrected chi connectivity index (χ3v) is 2.16. The summed E-state index contributed by atoms with van der Waals surface area (Å²) in [6, 6.07) is 1.96. The van der Waals surface area contributed by atoms with Crippen LogP contribution in [-0.4, -0.2) is 18.6 Å². The van der Waals surface area contributed by atoms with Crippen molar-refractivity contribution < 1.29 is 18.8 Å². The number of ether oxygens (including phenoxy) is 2. The summed E-state index contributed by atoms with van der Waals surface area (Å²) in [5.41, 5.74) is -0.343. The minimum Gasteiger partial charge on any atom is -0.490 e. The Bertz CT molecular complexity index is 409. The lowest BCUT2D eigenvalue weighted by atomic mass is 10.2. The van der Waals surface area contributed by atoms with Gasteiger partial charge in [0.2, 0.25) is 11.5 Å². The van der Waals surface area contributed by atoms with Crippen molar-refractivity contribution in [2.75, 3.05) is 13.7 Å². The predicted molar refractivity (Wildman–Crippen MR) is 60.0 cm³/mol. The molecule has 0 N–H and O–H groups in total. The Morgan fingerprint density at radius 3 is 2.59 bits per heavy atom. The lowest BCUT2D eigenvalue weighted by Crippen LogP contribution is -2.02. The van der Waals surface area contributed by atoms with Crippen LogP contribution in [0.4, 0.5) is 10.1 Å². The van der Waals surface area contributed by atoms with Crippen molar-refractivity contribution >= 4 is 5.69 Å². The second-order valence-corrected chi connectivity index (χ2v) is 3.41. The molecule has 0 spiro atoms. The molecule has 1 rings (SSSR count). The van der Waals surface area contributed by atoms with Crippen LogP contribution in [0.1, 0.15) is 19.8 Å². The van der Waals surface area contributed by atoms with Gasteiger partial charge in [-0.3, -0.25) is 10.1 Å². The van der Waals surface area contributed by atoms with Gasteiger partial charge in [0.1, 0.15) is 5.82 Å². The van der Waals surface area contributed by atoms with Gasteiger partial charge in [0.25, 0.3) is 0 Å². The molecule has 0 aliphatic rings. The van der Waals surface area contributed by atoms with E-state index in [1.165, 1.54) is 7.11 Å². The van der Waals surface area contributed by atoms with Gasteiger partial charge in [0.15, 0.2) is 0 Å². The molecule has 17 heavy (non-hydrogen) atoms. The van der Waals surface area contributed by atoms with Crippen molar-refractivity contribution in [1.82, 2.24) is 0 Å². The van der Waals surface area contributed by atoms with Crippen LogP contribution in [-0.2, 0) is 0 Å². The number of nitro benzene ring substituents is 1. The van der Waals surface area contributed by atoms with Gasteiger partial charge in [-0.1, -0.05) is 13.3 Å². The average molecular weight is 243 g/mol. The van der Waals surface area contributed by atoms with Crippen LogP contribution >= 0.6 is 0 Å². The standard InChI is InChI=1S/C11H14FNO4/c1-3-4-5-17-10-7-8(12)6-9(16-2)11(10)13(14)15/h6-7H,3-5H2,1-2H3. The quantitative estimate of drug-likeness (QED) is 0.438. The first-order chi connectivity index (χ1) is 8.10. The van der Waals surface area contributed by atoms with Gasteiger partial charge in [-0.25, -0.2) is 4.39 Å². The summed E-state index contributed by atoms with van der Waals surface area (Å²) >= 11 is 0. The Kier molecular flexibility index (Phi) is 4.68. The minimum atomic E-state index is -0.639. The van der Waals surface area contributed by atoms with E-state index in [4.69, 9.17) is 9.47 Å². The van der Waals surface area contributed by atoms with Crippen molar-refractivity contribution in [3.8, 4) is 11.5 Å². The molecule has 94 valence electrons. The molecular formula is C11H14FNO4. The van der Waals surface area contributed by atoms with Gasteiger partial charge in [-0.2, -0.15) is 0 Å². The SMILES string of the molecule is CCCCOc1cc(F)cc(OC)c1[N+](=O)[O-]. The fraction of sp³-hybridized carbons (Fsp3) is 0.455. The summed E-state index contributed by atoms with van der Waals surface area (Å²) < 4.78 is 23.2. The van der Waals surface area contributed by atoms with Crippen LogP contribution in [0.2, 0.25) is 0 Å². The maximum absolute atomic E-state index is 13.2. The fourth-order valence-electron chi connectivity index (χ4n) is 1.32. The molecule has 0 heterocycles. The largest absolute Gasteiger partial charge is 0.490 e. The number of rotatable bonds is 6. The molecule has 0 amide bonds. The van der Waals surface area contributed by atoms with Gasteiger partial charge >= 0.3 is 5.69 Å². The molecule has 0 aliphatic carbocycles. The Labute approximate surface area is 98.3 Å². The van der Waals surface area contributed by atoms with Crippen molar-refractivity contribution in [3.63, 3.8) is 0 Å². The fourth-order valence-corrected chi connectivity index (χ4v) is 1.32. The monoisotopic (exact) mass is 243 g/mol. The third kappa shape index (κ3) is 3.30. The second kappa shape index (κ2) is 6.03. The van der Waals surface area contributed by atoms with Crippen LogP contribution < -0.4 is 9.47 Å². The second-order valence-electron chi connectivity index (χ2n) is 3.41. The molecule has 0 saturated carbocycles. The van der Waals surface area contributed by atoms with Crippen LogP contribution in [0.25, 0.3) is 0 Å². The highest BCUT2D eigenvalue weighted by Gasteiger charge is 2.23. The normalized spacial score (nSPS) is 10.1. The molecule has 0 radical (unpaired) electrons. The summed E-state index contributed by atoms with van der Waals surface area (Å²) in [5, 5.41) is 10.9. The predicted octanol–water partition coefficient (Wildman–Crippen LogP) is 2.92. The van der Waals surface area contributed by atoms with Crippen molar-refractivity contribution in [2.24, 2.45) is 0 Å². The molecule has 6 heteroatoms. The molecular weight excluding hydrogens is 229 g/mol. The van der Waals surface area contributed by atoms with E-state index < -0.39 is 10.7 Å². The molecule has 1 aromatic carbocycles. The van der Waals surface area contributed by atoms with E-state index in [1.807, 2.05) is 6.92 Å². The zero-order valence-electron chi connectivity index (χ0n) is 9.73. The van der Waals surface area contributed by atoms with E-state index in [0.717, 1.165) is 25.0 Å². The first-order valence-corrected chi connectivity index (χ1v) is 5.24. The third-order valence-electron chi connectivity index (χ3n) is 2.16.